The molecule has 0 aromatic carbocycles. The molecule has 7 heteroatoms. The van der Waals surface area contributed by atoms with Crippen molar-refractivity contribution in [2.24, 2.45) is 0 Å². The highest BCUT2D eigenvalue weighted by Gasteiger charge is 2.19. The molecule has 0 N–H and O–H groups in total. The molecule has 3 heterocycles. The van der Waals surface area contributed by atoms with Crippen molar-refractivity contribution < 1.29 is 13.6 Å². The zero-order valence-corrected chi connectivity index (χ0v) is 11.7. The summed E-state index contributed by atoms with van der Waals surface area (Å²) in [6.07, 6.45) is 7.24. The molecule has 0 bridgehead atoms. The zero-order chi connectivity index (χ0) is 14.7. The lowest BCUT2D eigenvalue weighted by molar-refractivity contribution is -0.132. The van der Waals surface area contributed by atoms with E-state index < -0.39 is 5.76 Å². The first kappa shape index (κ1) is 13.7. The molecule has 0 unspecified atom stereocenters. The van der Waals surface area contributed by atoms with Crippen molar-refractivity contribution in [1.82, 2.24) is 14.7 Å². The maximum atomic E-state index is 12.2. The largest absolute Gasteiger partial charge is 0.472 e. The Morgan fingerprint density at radius 3 is 2.67 bits per heavy atom. The predicted molar refractivity (Wildman–Crippen MR) is 73.5 cm³/mol. The van der Waals surface area contributed by atoms with Crippen molar-refractivity contribution in [2.45, 2.75) is 32.2 Å². The molecular formula is C14H17N3O4. The van der Waals surface area contributed by atoms with Crippen molar-refractivity contribution >= 4 is 5.91 Å². The smallest absolute Gasteiger partial charge is 0.437 e. The van der Waals surface area contributed by atoms with Crippen LogP contribution >= 0.6 is 0 Å². The molecule has 2 aromatic heterocycles. The Hall–Kier alpha value is -2.31. The molecule has 0 saturated carbocycles. The van der Waals surface area contributed by atoms with Gasteiger partial charge in [-0.15, -0.1) is 5.10 Å². The number of rotatable bonds is 3. The van der Waals surface area contributed by atoms with Crippen molar-refractivity contribution in [1.29, 1.82) is 0 Å². The second kappa shape index (κ2) is 5.99. The van der Waals surface area contributed by atoms with Gasteiger partial charge in [-0.3, -0.25) is 4.79 Å². The van der Waals surface area contributed by atoms with Crippen LogP contribution in [-0.4, -0.2) is 33.7 Å². The summed E-state index contributed by atoms with van der Waals surface area (Å²) in [5, 5.41) is 4.04. The Labute approximate surface area is 121 Å². The number of furan rings is 1. The van der Waals surface area contributed by atoms with Gasteiger partial charge >= 0.3 is 5.76 Å². The first-order chi connectivity index (χ1) is 10.2. The second-order valence-electron chi connectivity index (χ2n) is 5.14. The van der Waals surface area contributed by atoms with Gasteiger partial charge in [0.2, 0.25) is 5.91 Å². The fraction of sp³-hybridized carbons (Fsp3) is 0.500. The summed E-state index contributed by atoms with van der Waals surface area (Å²) in [5.74, 6) is -0.558. The van der Waals surface area contributed by atoms with Crippen LogP contribution < -0.4 is 5.76 Å². The zero-order valence-electron chi connectivity index (χ0n) is 11.7. The molecule has 0 radical (unpaired) electrons. The SMILES string of the molecule is O=C(Cn1nc(-c2ccoc2)oc1=O)N1CCCCCC1. The van der Waals surface area contributed by atoms with Crippen molar-refractivity contribution in [3.8, 4) is 11.5 Å². The van der Waals surface area contributed by atoms with Gasteiger partial charge in [0.05, 0.1) is 11.8 Å². The van der Waals surface area contributed by atoms with Crippen LogP contribution in [0.4, 0.5) is 0 Å². The van der Waals surface area contributed by atoms with Crippen molar-refractivity contribution in [3.63, 3.8) is 0 Å². The molecule has 1 aliphatic rings. The number of hydrogen-bond donors (Lipinski definition) is 0. The molecule has 1 fully saturated rings. The summed E-state index contributed by atoms with van der Waals surface area (Å²) in [4.78, 5) is 25.8. The van der Waals surface area contributed by atoms with E-state index in [4.69, 9.17) is 8.83 Å². The van der Waals surface area contributed by atoms with Crippen LogP contribution in [0.5, 0.6) is 0 Å². The second-order valence-corrected chi connectivity index (χ2v) is 5.14. The lowest BCUT2D eigenvalue weighted by atomic mass is 10.2. The van der Waals surface area contributed by atoms with Crippen LogP contribution in [0.3, 0.4) is 0 Å². The lowest BCUT2D eigenvalue weighted by Gasteiger charge is -2.19. The minimum atomic E-state index is -0.630. The molecule has 112 valence electrons. The van der Waals surface area contributed by atoms with Crippen LogP contribution in [0.15, 0.2) is 32.2 Å². The first-order valence-electron chi connectivity index (χ1n) is 7.12. The number of carbonyl (C=O) groups excluding carboxylic acids is 1. The van der Waals surface area contributed by atoms with Gasteiger partial charge in [-0.05, 0) is 18.9 Å². The van der Waals surface area contributed by atoms with E-state index in [0.717, 1.165) is 43.5 Å². The quantitative estimate of drug-likeness (QED) is 0.856. The predicted octanol–water partition coefficient (Wildman–Crippen LogP) is 1.50. The number of aromatic nitrogens is 2. The molecule has 1 amide bonds. The molecule has 1 aliphatic heterocycles. The van der Waals surface area contributed by atoms with Gasteiger partial charge < -0.3 is 13.7 Å². The number of hydrogen-bond acceptors (Lipinski definition) is 5. The summed E-state index contributed by atoms with van der Waals surface area (Å²) in [5.41, 5.74) is 0.577. The summed E-state index contributed by atoms with van der Waals surface area (Å²) in [6, 6.07) is 1.65. The normalized spacial score (nSPS) is 15.9. The summed E-state index contributed by atoms with van der Waals surface area (Å²) >= 11 is 0. The monoisotopic (exact) mass is 291 g/mol. The van der Waals surface area contributed by atoms with Crippen LogP contribution in [0.25, 0.3) is 11.5 Å². The average Bonchev–Trinajstić information content (AvgIpc) is 3.02. The van der Waals surface area contributed by atoms with Gasteiger partial charge in [-0.2, -0.15) is 4.68 Å². The summed E-state index contributed by atoms with van der Waals surface area (Å²) in [6.45, 7) is 1.42. The highest BCUT2D eigenvalue weighted by Crippen LogP contribution is 2.15. The molecule has 21 heavy (non-hydrogen) atoms. The molecule has 2 aromatic rings. The Balaban J connectivity index is 1.72. The van der Waals surface area contributed by atoms with Crippen molar-refractivity contribution in [3.05, 3.63) is 29.1 Å². The summed E-state index contributed by atoms with van der Waals surface area (Å²) < 4.78 is 11.0. The minimum Gasteiger partial charge on any atom is -0.472 e. The van der Waals surface area contributed by atoms with E-state index in [2.05, 4.69) is 5.10 Å². The minimum absolute atomic E-state index is 0.0832. The highest BCUT2D eigenvalue weighted by molar-refractivity contribution is 5.75. The molecule has 0 aliphatic carbocycles. The highest BCUT2D eigenvalue weighted by atomic mass is 16.4. The Bertz CT molecular complexity index is 648. The average molecular weight is 291 g/mol. The van der Waals surface area contributed by atoms with E-state index in [1.165, 1.54) is 12.5 Å². The maximum absolute atomic E-state index is 12.2. The number of amides is 1. The molecule has 3 rings (SSSR count). The maximum Gasteiger partial charge on any atom is 0.437 e. The topological polar surface area (TPSA) is 81.5 Å². The first-order valence-corrected chi connectivity index (χ1v) is 7.12. The third kappa shape index (κ3) is 3.07. The van der Waals surface area contributed by atoms with Crippen LogP contribution in [0.1, 0.15) is 25.7 Å². The Kier molecular flexibility index (Phi) is 3.89. The fourth-order valence-corrected chi connectivity index (χ4v) is 2.46. The van der Waals surface area contributed by atoms with E-state index in [0.29, 0.717) is 5.56 Å². The van der Waals surface area contributed by atoms with E-state index in [1.807, 2.05) is 0 Å². The number of nitrogens with zero attached hydrogens (tertiary/aromatic N) is 3. The molecule has 7 nitrogen and oxygen atoms in total. The Morgan fingerprint density at radius 1 is 1.24 bits per heavy atom. The molecular weight excluding hydrogens is 274 g/mol. The fourth-order valence-electron chi connectivity index (χ4n) is 2.46. The van der Waals surface area contributed by atoms with E-state index in [1.54, 1.807) is 11.0 Å². The Morgan fingerprint density at radius 2 is 2.00 bits per heavy atom. The third-order valence-corrected chi connectivity index (χ3v) is 3.62. The van der Waals surface area contributed by atoms with Gasteiger partial charge in [0.25, 0.3) is 5.89 Å². The van der Waals surface area contributed by atoms with Crippen LogP contribution in [-0.2, 0) is 11.3 Å². The molecule has 0 atom stereocenters. The van der Waals surface area contributed by atoms with E-state index >= 15 is 0 Å². The lowest BCUT2D eigenvalue weighted by Crippen LogP contribution is -2.36. The van der Waals surface area contributed by atoms with Crippen LogP contribution in [0.2, 0.25) is 0 Å². The standard InChI is InChI=1S/C14H17N3O4/c18-12(16-6-3-1-2-4-7-16)9-17-14(19)21-13(15-17)11-5-8-20-10-11/h5,8,10H,1-4,6-7,9H2. The van der Waals surface area contributed by atoms with Gasteiger partial charge in [0, 0.05) is 13.1 Å². The van der Waals surface area contributed by atoms with Gasteiger partial charge in [-0.25, -0.2) is 4.79 Å². The molecule has 0 spiro atoms. The van der Waals surface area contributed by atoms with Gasteiger partial charge in [0.1, 0.15) is 12.8 Å². The number of carbonyl (C=O) groups is 1. The van der Waals surface area contributed by atoms with E-state index in [9.17, 15) is 9.59 Å². The number of likely N-dealkylation sites (tertiary alicyclic amines) is 1. The van der Waals surface area contributed by atoms with Gasteiger partial charge in [0.15, 0.2) is 0 Å². The molecule has 1 saturated heterocycles. The third-order valence-electron chi connectivity index (χ3n) is 3.62. The summed E-state index contributed by atoms with van der Waals surface area (Å²) in [7, 11) is 0. The van der Waals surface area contributed by atoms with E-state index in [-0.39, 0.29) is 18.3 Å². The van der Waals surface area contributed by atoms with Crippen molar-refractivity contribution in [2.75, 3.05) is 13.1 Å². The van der Waals surface area contributed by atoms with Gasteiger partial charge in [-0.1, -0.05) is 12.8 Å². The van der Waals surface area contributed by atoms with Crippen LogP contribution in [0, 0.1) is 0 Å².